The SMILES string of the molecule is Cc1ccc(NC(=O)c2cc(C(=O)N(C)Cc3ccccc3)ccn2)c(C)c1. The van der Waals surface area contributed by atoms with Gasteiger partial charge in [-0.3, -0.25) is 14.6 Å². The number of pyridine rings is 1. The Morgan fingerprint density at radius 2 is 1.75 bits per heavy atom. The third-order valence-electron chi connectivity index (χ3n) is 4.48. The van der Waals surface area contributed by atoms with Crippen LogP contribution in [0.1, 0.15) is 37.5 Å². The second-order valence-electron chi connectivity index (χ2n) is 6.85. The Labute approximate surface area is 165 Å². The molecule has 1 heterocycles. The van der Waals surface area contributed by atoms with Crippen molar-refractivity contribution < 1.29 is 9.59 Å². The zero-order chi connectivity index (χ0) is 20.1. The van der Waals surface area contributed by atoms with Gasteiger partial charge in [0, 0.05) is 31.0 Å². The number of nitrogens with zero attached hydrogens (tertiary/aromatic N) is 2. The highest BCUT2D eigenvalue weighted by Gasteiger charge is 2.16. The number of hydrogen-bond acceptors (Lipinski definition) is 3. The van der Waals surface area contributed by atoms with Crippen molar-refractivity contribution in [3.05, 3.63) is 94.8 Å². The first-order valence-electron chi connectivity index (χ1n) is 9.08. The molecule has 0 aliphatic rings. The number of carbonyl (C=O) groups is 2. The molecule has 0 fully saturated rings. The maximum absolute atomic E-state index is 12.7. The lowest BCUT2D eigenvalue weighted by Crippen LogP contribution is -2.26. The predicted octanol–water partition coefficient (Wildman–Crippen LogP) is 4.22. The topological polar surface area (TPSA) is 62.3 Å². The van der Waals surface area contributed by atoms with Gasteiger partial charge in [-0.2, -0.15) is 0 Å². The predicted molar refractivity (Wildman–Crippen MR) is 110 cm³/mol. The minimum absolute atomic E-state index is 0.160. The van der Waals surface area contributed by atoms with Gasteiger partial charge in [-0.05, 0) is 43.2 Å². The van der Waals surface area contributed by atoms with Crippen LogP contribution >= 0.6 is 0 Å². The summed E-state index contributed by atoms with van der Waals surface area (Å²) in [4.78, 5) is 31.1. The molecule has 142 valence electrons. The summed E-state index contributed by atoms with van der Waals surface area (Å²) in [6, 6.07) is 18.7. The molecule has 0 saturated carbocycles. The number of benzene rings is 2. The van der Waals surface area contributed by atoms with E-state index in [2.05, 4.69) is 10.3 Å². The fraction of sp³-hybridized carbons (Fsp3) is 0.174. The molecule has 0 saturated heterocycles. The molecule has 2 amide bonds. The number of carbonyl (C=O) groups excluding carboxylic acids is 2. The minimum atomic E-state index is -0.340. The van der Waals surface area contributed by atoms with E-state index >= 15 is 0 Å². The summed E-state index contributed by atoms with van der Waals surface area (Å²) in [6.45, 7) is 4.43. The van der Waals surface area contributed by atoms with Gasteiger partial charge in [0.15, 0.2) is 0 Å². The Hall–Kier alpha value is -3.47. The normalized spacial score (nSPS) is 10.4. The summed E-state index contributed by atoms with van der Waals surface area (Å²) < 4.78 is 0. The fourth-order valence-corrected chi connectivity index (χ4v) is 2.98. The van der Waals surface area contributed by atoms with E-state index in [9.17, 15) is 9.59 Å². The number of rotatable bonds is 5. The summed E-state index contributed by atoms with van der Waals surface area (Å²) in [5.74, 6) is -0.501. The van der Waals surface area contributed by atoms with Gasteiger partial charge in [-0.25, -0.2) is 0 Å². The molecule has 3 aromatic rings. The average molecular weight is 373 g/mol. The van der Waals surface area contributed by atoms with Gasteiger partial charge in [0.2, 0.25) is 0 Å². The number of nitrogens with one attached hydrogen (secondary N) is 1. The van der Waals surface area contributed by atoms with E-state index in [1.807, 2.05) is 62.4 Å². The molecule has 0 unspecified atom stereocenters. The number of aromatic nitrogens is 1. The molecule has 0 atom stereocenters. The number of hydrogen-bond donors (Lipinski definition) is 1. The van der Waals surface area contributed by atoms with Gasteiger partial charge in [0.1, 0.15) is 5.69 Å². The second-order valence-corrected chi connectivity index (χ2v) is 6.85. The Morgan fingerprint density at radius 1 is 1.00 bits per heavy atom. The van der Waals surface area contributed by atoms with E-state index in [1.165, 1.54) is 12.3 Å². The van der Waals surface area contributed by atoms with Crippen molar-refractivity contribution in [2.24, 2.45) is 0 Å². The number of amides is 2. The van der Waals surface area contributed by atoms with E-state index in [4.69, 9.17) is 0 Å². The summed E-state index contributed by atoms with van der Waals surface area (Å²) >= 11 is 0. The molecule has 5 nitrogen and oxygen atoms in total. The van der Waals surface area contributed by atoms with Crippen molar-refractivity contribution in [1.82, 2.24) is 9.88 Å². The molecular weight excluding hydrogens is 350 g/mol. The van der Waals surface area contributed by atoms with Crippen LogP contribution in [0.2, 0.25) is 0 Å². The lowest BCUT2D eigenvalue weighted by atomic mass is 10.1. The summed E-state index contributed by atoms with van der Waals surface area (Å²) in [7, 11) is 1.74. The van der Waals surface area contributed by atoms with Gasteiger partial charge < -0.3 is 10.2 Å². The van der Waals surface area contributed by atoms with Crippen molar-refractivity contribution in [3.8, 4) is 0 Å². The summed E-state index contributed by atoms with van der Waals surface area (Å²) in [5, 5.41) is 2.86. The lowest BCUT2D eigenvalue weighted by molar-refractivity contribution is 0.0785. The Balaban J connectivity index is 1.73. The smallest absolute Gasteiger partial charge is 0.274 e. The quantitative estimate of drug-likeness (QED) is 0.728. The van der Waals surface area contributed by atoms with Gasteiger partial charge in [-0.1, -0.05) is 48.0 Å². The molecule has 0 aliphatic carbocycles. The van der Waals surface area contributed by atoms with E-state index in [-0.39, 0.29) is 17.5 Å². The van der Waals surface area contributed by atoms with Crippen LogP contribution in [0.4, 0.5) is 5.69 Å². The first-order valence-corrected chi connectivity index (χ1v) is 9.08. The molecule has 0 radical (unpaired) electrons. The van der Waals surface area contributed by atoms with Gasteiger partial charge in [0.05, 0.1) is 0 Å². The molecule has 3 rings (SSSR count). The monoisotopic (exact) mass is 373 g/mol. The Kier molecular flexibility index (Phi) is 5.84. The van der Waals surface area contributed by atoms with Crippen molar-refractivity contribution in [3.63, 3.8) is 0 Å². The molecule has 1 aromatic heterocycles. The maximum Gasteiger partial charge on any atom is 0.274 e. The van der Waals surface area contributed by atoms with Gasteiger partial charge in [0.25, 0.3) is 11.8 Å². The summed E-state index contributed by atoms with van der Waals surface area (Å²) in [5.41, 5.74) is 4.51. The largest absolute Gasteiger partial charge is 0.337 e. The van der Waals surface area contributed by atoms with E-state index in [0.717, 1.165) is 22.4 Å². The number of aryl methyl sites for hydroxylation is 2. The van der Waals surface area contributed by atoms with Crippen molar-refractivity contribution >= 4 is 17.5 Å². The molecular formula is C23H23N3O2. The molecule has 1 N–H and O–H groups in total. The molecule has 0 spiro atoms. The standard InChI is InChI=1S/C23H23N3O2/c1-16-9-10-20(17(2)13-16)25-22(27)21-14-19(11-12-24-21)23(28)26(3)15-18-7-5-4-6-8-18/h4-14H,15H2,1-3H3,(H,25,27). The Morgan fingerprint density at radius 3 is 2.46 bits per heavy atom. The van der Waals surface area contributed by atoms with E-state index in [0.29, 0.717) is 12.1 Å². The lowest BCUT2D eigenvalue weighted by Gasteiger charge is -2.17. The number of anilines is 1. The highest BCUT2D eigenvalue weighted by atomic mass is 16.2. The Bertz CT molecular complexity index is 1000. The minimum Gasteiger partial charge on any atom is -0.337 e. The van der Waals surface area contributed by atoms with Crippen LogP contribution in [0.15, 0.2) is 66.9 Å². The maximum atomic E-state index is 12.7. The molecule has 2 aromatic carbocycles. The first-order chi connectivity index (χ1) is 13.4. The highest BCUT2D eigenvalue weighted by molar-refractivity contribution is 6.05. The van der Waals surface area contributed by atoms with Crippen LogP contribution in [0, 0.1) is 13.8 Å². The zero-order valence-corrected chi connectivity index (χ0v) is 16.3. The average Bonchev–Trinajstić information content (AvgIpc) is 2.70. The molecule has 28 heavy (non-hydrogen) atoms. The van der Waals surface area contributed by atoms with Crippen molar-refractivity contribution in [2.75, 3.05) is 12.4 Å². The second kappa shape index (κ2) is 8.48. The highest BCUT2D eigenvalue weighted by Crippen LogP contribution is 2.17. The first kappa shape index (κ1) is 19.3. The zero-order valence-electron chi connectivity index (χ0n) is 16.3. The van der Waals surface area contributed by atoms with Crippen molar-refractivity contribution in [1.29, 1.82) is 0 Å². The van der Waals surface area contributed by atoms with Crippen LogP contribution in [-0.2, 0) is 6.54 Å². The van der Waals surface area contributed by atoms with E-state index < -0.39 is 0 Å². The van der Waals surface area contributed by atoms with Crippen LogP contribution in [0.25, 0.3) is 0 Å². The fourth-order valence-electron chi connectivity index (χ4n) is 2.98. The van der Waals surface area contributed by atoms with Crippen LogP contribution < -0.4 is 5.32 Å². The van der Waals surface area contributed by atoms with Gasteiger partial charge in [-0.15, -0.1) is 0 Å². The molecule has 5 heteroatoms. The van der Waals surface area contributed by atoms with Crippen LogP contribution in [-0.4, -0.2) is 28.7 Å². The van der Waals surface area contributed by atoms with Gasteiger partial charge >= 0.3 is 0 Å². The van der Waals surface area contributed by atoms with Crippen molar-refractivity contribution in [2.45, 2.75) is 20.4 Å². The third-order valence-corrected chi connectivity index (χ3v) is 4.48. The van der Waals surface area contributed by atoms with E-state index in [1.54, 1.807) is 18.0 Å². The molecule has 0 bridgehead atoms. The van der Waals surface area contributed by atoms with Crippen LogP contribution in [0.5, 0.6) is 0 Å². The van der Waals surface area contributed by atoms with Crippen LogP contribution in [0.3, 0.4) is 0 Å². The molecule has 0 aliphatic heterocycles. The third kappa shape index (κ3) is 4.62. The summed E-state index contributed by atoms with van der Waals surface area (Å²) in [6.07, 6.45) is 1.49.